The number of hydrogen-bond donors (Lipinski definition) is 1. The van der Waals surface area contributed by atoms with Gasteiger partial charge in [0.15, 0.2) is 0 Å². The number of hydrogen-bond acceptors (Lipinski definition) is 4. The maximum absolute atomic E-state index is 9.09. The Kier molecular flexibility index (Phi) is 5.75. The molecule has 0 radical (unpaired) electrons. The quantitative estimate of drug-likeness (QED) is 0.711. The van der Waals surface area contributed by atoms with Gasteiger partial charge in [0, 0.05) is 12.5 Å². The average Bonchev–Trinajstić information content (AvgIpc) is 2.79. The van der Waals surface area contributed by atoms with E-state index in [1.807, 2.05) is 6.92 Å². The highest BCUT2D eigenvalue weighted by molar-refractivity contribution is 5.03. The SMILES string of the molecule is CCCNC(C)(C#N)COCC1CCOC1. The Morgan fingerprint density at radius 3 is 3.00 bits per heavy atom. The minimum absolute atomic E-state index is 0.444. The molecule has 1 saturated heterocycles. The second kappa shape index (κ2) is 6.85. The summed E-state index contributed by atoms with van der Waals surface area (Å²) in [4.78, 5) is 0. The van der Waals surface area contributed by atoms with E-state index in [1.54, 1.807) is 0 Å². The van der Waals surface area contributed by atoms with Crippen LogP contribution in [0.4, 0.5) is 0 Å². The molecule has 0 aromatic carbocycles. The summed E-state index contributed by atoms with van der Waals surface area (Å²) < 4.78 is 10.9. The molecule has 4 nitrogen and oxygen atoms in total. The first-order chi connectivity index (χ1) is 7.70. The van der Waals surface area contributed by atoms with Gasteiger partial charge in [0.25, 0.3) is 0 Å². The molecule has 2 atom stereocenters. The fourth-order valence-corrected chi connectivity index (χ4v) is 1.67. The summed E-state index contributed by atoms with van der Waals surface area (Å²) >= 11 is 0. The molecule has 16 heavy (non-hydrogen) atoms. The summed E-state index contributed by atoms with van der Waals surface area (Å²) in [5.74, 6) is 0.508. The first-order valence-corrected chi connectivity index (χ1v) is 6.02. The number of nitrogens with zero attached hydrogens (tertiary/aromatic N) is 1. The van der Waals surface area contributed by atoms with E-state index in [2.05, 4.69) is 18.3 Å². The maximum atomic E-state index is 9.09. The van der Waals surface area contributed by atoms with Crippen LogP contribution in [0.2, 0.25) is 0 Å². The molecule has 1 rings (SSSR count). The van der Waals surface area contributed by atoms with E-state index in [1.165, 1.54) is 0 Å². The third-order valence-corrected chi connectivity index (χ3v) is 2.78. The second-order valence-electron chi connectivity index (χ2n) is 4.62. The summed E-state index contributed by atoms with van der Waals surface area (Å²) in [5, 5.41) is 12.3. The first-order valence-electron chi connectivity index (χ1n) is 6.02. The van der Waals surface area contributed by atoms with Gasteiger partial charge in [-0.25, -0.2) is 0 Å². The molecule has 0 spiro atoms. The summed E-state index contributed by atoms with van der Waals surface area (Å²) in [6.45, 7) is 7.60. The van der Waals surface area contributed by atoms with Crippen LogP contribution in [0, 0.1) is 17.2 Å². The number of ether oxygens (including phenoxy) is 2. The van der Waals surface area contributed by atoms with Crippen molar-refractivity contribution in [2.24, 2.45) is 5.92 Å². The molecule has 0 bridgehead atoms. The zero-order valence-corrected chi connectivity index (χ0v) is 10.3. The minimum Gasteiger partial charge on any atom is -0.381 e. The molecule has 1 fully saturated rings. The van der Waals surface area contributed by atoms with Crippen LogP contribution in [0.1, 0.15) is 26.7 Å². The Labute approximate surface area is 97.9 Å². The lowest BCUT2D eigenvalue weighted by Gasteiger charge is -2.23. The van der Waals surface area contributed by atoms with Crippen LogP contribution in [0.3, 0.4) is 0 Å². The van der Waals surface area contributed by atoms with E-state index in [0.29, 0.717) is 19.1 Å². The molecule has 92 valence electrons. The third-order valence-electron chi connectivity index (χ3n) is 2.78. The predicted octanol–water partition coefficient (Wildman–Crippen LogP) is 1.32. The molecule has 0 saturated carbocycles. The lowest BCUT2D eigenvalue weighted by molar-refractivity contribution is 0.0631. The van der Waals surface area contributed by atoms with E-state index in [0.717, 1.165) is 32.6 Å². The van der Waals surface area contributed by atoms with Crippen molar-refractivity contribution in [3.05, 3.63) is 0 Å². The molecule has 4 heteroatoms. The van der Waals surface area contributed by atoms with E-state index < -0.39 is 5.54 Å². The van der Waals surface area contributed by atoms with Crippen LogP contribution in [-0.4, -0.2) is 38.5 Å². The zero-order valence-electron chi connectivity index (χ0n) is 10.3. The van der Waals surface area contributed by atoms with Crippen molar-refractivity contribution in [1.29, 1.82) is 5.26 Å². The van der Waals surface area contributed by atoms with Crippen LogP contribution >= 0.6 is 0 Å². The highest BCUT2D eigenvalue weighted by atomic mass is 16.5. The monoisotopic (exact) mass is 226 g/mol. The molecule has 0 aromatic heterocycles. The van der Waals surface area contributed by atoms with Gasteiger partial charge in [-0.05, 0) is 26.3 Å². The summed E-state index contributed by atoms with van der Waals surface area (Å²) in [7, 11) is 0. The largest absolute Gasteiger partial charge is 0.381 e. The molecule has 0 aliphatic carbocycles. The normalized spacial score (nSPS) is 23.9. The molecule has 0 aromatic rings. The van der Waals surface area contributed by atoms with Gasteiger partial charge >= 0.3 is 0 Å². The molecular weight excluding hydrogens is 204 g/mol. The van der Waals surface area contributed by atoms with Crippen LogP contribution in [-0.2, 0) is 9.47 Å². The molecule has 0 amide bonds. The van der Waals surface area contributed by atoms with Gasteiger partial charge in [0.1, 0.15) is 5.54 Å². The molecule has 1 aliphatic rings. The van der Waals surface area contributed by atoms with Crippen molar-refractivity contribution in [2.45, 2.75) is 32.2 Å². The van der Waals surface area contributed by atoms with Crippen LogP contribution in [0.25, 0.3) is 0 Å². The van der Waals surface area contributed by atoms with Gasteiger partial charge in [-0.1, -0.05) is 6.92 Å². The maximum Gasteiger partial charge on any atom is 0.127 e. The van der Waals surface area contributed by atoms with Crippen molar-refractivity contribution in [2.75, 3.05) is 33.0 Å². The van der Waals surface area contributed by atoms with E-state index >= 15 is 0 Å². The Morgan fingerprint density at radius 1 is 1.62 bits per heavy atom. The Balaban J connectivity index is 2.19. The van der Waals surface area contributed by atoms with Crippen molar-refractivity contribution < 1.29 is 9.47 Å². The Hall–Kier alpha value is -0.630. The summed E-state index contributed by atoms with van der Waals surface area (Å²) in [5.41, 5.74) is -0.560. The number of nitriles is 1. The van der Waals surface area contributed by atoms with Crippen LogP contribution < -0.4 is 5.32 Å². The minimum atomic E-state index is -0.560. The number of rotatable bonds is 7. The van der Waals surface area contributed by atoms with Crippen molar-refractivity contribution >= 4 is 0 Å². The van der Waals surface area contributed by atoms with Gasteiger partial charge in [0.2, 0.25) is 0 Å². The fourth-order valence-electron chi connectivity index (χ4n) is 1.67. The highest BCUT2D eigenvalue weighted by Gasteiger charge is 2.24. The van der Waals surface area contributed by atoms with Gasteiger partial charge in [-0.3, -0.25) is 5.32 Å². The summed E-state index contributed by atoms with van der Waals surface area (Å²) in [6, 6.07) is 2.27. The van der Waals surface area contributed by atoms with Gasteiger partial charge in [-0.15, -0.1) is 0 Å². The molecule has 1 heterocycles. The fraction of sp³-hybridized carbons (Fsp3) is 0.917. The summed E-state index contributed by atoms with van der Waals surface area (Å²) in [6.07, 6.45) is 2.10. The first kappa shape index (κ1) is 13.4. The lowest BCUT2D eigenvalue weighted by Crippen LogP contribution is -2.45. The number of nitrogens with one attached hydrogen (secondary N) is 1. The standard InChI is InChI=1S/C12H22N2O2/c1-3-5-14-12(2,9-13)10-16-8-11-4-6-15-7-11/h11,14H,3-8,10H2,1-2H3. The van der Waals surface area contributed by atoms with Crippen molar-refractivity contribution in [3.8, 4) is 6.07 Å². The highest BCUT2D eigenvalue weighted by Crippen LogP contribution is 2.13. The van der Waals surface area contributed by atoms with Crippen LogP contribution in [0.5, 0.6) is 0 Å². The van der Waals surface area contributed by atoms with Gasteiger partial charge in [-0.2, -0.15) is 5.26 Å². The Bertz CT molecular complexity index is 234. The third kappa shape index (κ3) is 4.48. The molecule has 2 unspecified atom stereocenters. The van der Waals surface area contributed by atoms with Crippen LogP contribution in [0.15, 0.2) is 0 Å². The van der Waals surface area contributed by atoms with E-state index in [9.17, 15) is 0 Å². The van der Waals surface area contributed by atoms with E-state index in [-0.39, 0.29) is 0 Å². The molecule has 1 N–H and O–H groups in total. The smallest absolute Gasteiger partial charge is 0.127 e. The zero-order chi connectivity index (χ0) is 11.9. The van der Waals surface area contributed by atoms with Crippen molar-refractivity contribution in [1.82, 2.24) is 5.32 Å². The average molecular weight is 226 g/mol. The lowest BCUT2D eigenvalue weighted by atomic mass is 10.1. The molecular formula is C12H22N2O2. The van der Waals surface area contributed by atoms with E-state index in [4.69, 9.17) is 14.7 Å². The second-order valence-corrected chi connectivity index (χ2v) is 4.62. The van der Waals surface area contributed by atoms with Gasteiger partial charge < -0.3 is 9.47 Å². The van der Waals surface area contributed by atoms with Gasteiger partial charge in [0.05, 0.1) is 25.9 Å². The predicted molar refractivity (Wildman–Crippen MR) is 62.1 cm³/mol. The topological polar surface area (TPSA) is 54.3 Å². The molecule has 1 aliphatic heterocycles. The van der Waals surface area contributed by atoms with Crippen molar-refractivity contribution in [3.63, 3.8) is 0 Å². The Morgan fingerprint density at radius 2 is 2.44 bits per heavy atom.